The van der Waals surface area contributed by atoms with Gasteiger partial charge in [0.15, 0.2) is 11.5 Å². The van der Waals surface area contributed by atoms with Gasteiger partial charge in [-0.1, -0.05) is 29.8 Å². The monoisotopic (exact) mass is 405 g/mol. The average molecular weight is 406 g/mol. The van der Waals surface area contributed by atoms with Gasteiger partial charge in [-0.2, -0.15) is 0 Å². The first-order valence-electron chi connectivity index (χ1n) is 8.19. The summed E-state index contributed by atoms with van der Waals surface area (Å²) >= 11 is 5.99. The summed E-state index contributed by atoms with van der Waals surface area (Å²) in [6, 6.07) is 6.21. The van der Waals surface area contributed by atoms with Crippen LogP contribution in [0.25, 0.3) is 0 Å². The van der Waals surface area contributed by atoms with E-state index in [1.54, 1.807) is 12.1 Å². The van der Waals surface area contributed by atoms with Crippen molar-refractivity contribution in [2.24, 2.45) is 16.5 Å². The Labute approximate surface area is 165 Å². The molecule has 0 aromatic heterocycles. The maximum atomic E-state index is 11.3. The number of carboxylic acid groups (broad SMARTS) is 1. The molecule has 1 heterocycles. The van der Waals surface area contributed by atoms with Gasteiger partial charge in [0.2, 0.25) is 0 Å². The Kier molecular flexibility index (Phi) is 5.37. The molecule has 3 rings (SSSR count). The van der Waals surface area contributed by atoms with Gasteiger partial charge in [0, 0.05) is 0 Å². The van der Waals surface area contributed by atoms with Crippen LogP contribution in [-0.4, -0.2) is 45.2 Å². The summed E-state index contributed by atoms with van der Waals surface area (Å²) in [5, 5.41) is 38.5. The number of aromatic carboxylic acids is 1. The van der Waals surface area contributed by atoms with Crippen molar-refractivity contribution in [3.05, 3.63) is 52.0 Å². The molecule has 2 aromatic rings. The standard InChI is InChI=1S/C17H17BClN3O6/c19-12-8(4-5-10(23)14(12)24)13(20)16(21)22-11-6-7-2-1-3-9(17(25)26)15(7)28-18(11)27/h1-5,11,13,23-24,27H,6,20H2,(H2,21,22)(H,25,26)/t11-,13?/m0/s1. The van der Waals surface area contributed by atoms with E-state index in [1.165, 1.54) is 18.2 Å². The van der Waals surface area contributed by atoms with E-state index in [4.69, 9.17) is 27.7 Å². The zero-order valence-electron chi connectivity index (χ0n) is 14.4. The number of nitrogens with zero attached hydrogens (tertiary/aromatic N) is 1. The topological polar surface area (TPSA) is 172 Å². The highest BCUT2D eigenvalue weighted by atomic mass is 35.5. The molecule has 2 aromatic carbocycles. The van der Waals surface area contributed by atoms with Gasteiger partial charge in [0.1, 0.15) is 17.5 Å². The Balaban J connectivity index is 1.88. The van der Waals surface area contributed by atoms with Crippen molar-refractivity contribution in [2.75, 3.05) is 0 Å². The molecule has 146 valence electrons. The highest BCUT2D eigenvalue weighted by Gasteiger charge is 2.37. The molecule has 2 atom stereocenters. The second kappa shape index (κ2) is 7.59. The van der Waals surface area contributed by atoms with E-state index in [1.807, 2.05) is 0 Å². The SMILES string of the molecule is N/C(=N\[C@H]1Cc2cccc(C(=O)O)c2OB1O)C(N)c1ccc(O)c(O)c1Cl. The van der Waals surface area contributed by atoms with Crippen molar-refractivity contribution in [2.45, 2.75) is 18.4 Å². The van der Waals surface area contributed by atoms with Crippen LogP contribution < -0.4 is 16.1 Å². The van der Waals surface area contributed by atoms with Crippen LogP contribution in [0.5, 0.6) is 17.2 Å². The van der Waals surface area contributed by atoms with Crippen LogP contribution in [0, 0.1) is 0 Å². The van der Waals surface area contributed by atoms with Crippen molar-refractivity contribution in [1.29, 1.82) is 0 Å². The number of fused-ring (bicyclic) bond motifs is 1. The maximum Gasteiger partial charge on any atom is 0.549 e. The molecule has 0 fully saturated rings. The molecule has 0 radical (unpaired) electrons. The first kappa shape index (κ1) is 19.8. The first-order valence-corrected chi connectivity index (χ1v) is 8.57. The van der Waals surface area contributed by atoms with Crippen molar-refractivity contribution >= 4 is 30.5 Å². The highest BCUT2D eigenvalue weighted by molar-refractivity contribution is 6.47. The van der Waals surface area contributed by atoms with E-state index in [9.17, 15) is 25.1 Å². The third-order valence-corrected chi connectivity index (χ3v) is 4.81. The molecule has 0 aliphatic carbocycles. The molecule has 0 saturated heterocycles. The smallest absolute Gasteiger partial charge is 0.534 e. The number of nitrogens with two attached hydrogens (primary N) is 2. The van der Waals surface area contributed by atoms with Crippen LogP contribution in [0.1, 0.15) is 27.5 Å². The lowest BCUT2D eigenvalue weighted by Gasteiger charge is -2.27. The molecule has 11 heteroatoms. The zero-order valence-corrected chi connectivity index (χ0v) is 15.2. The minimum Gasteiger partial charge on any atom is -0.534 e. The Hall–Kier alpha value is -2.95. The fourth-order valence-electron chi connectivity index (χ4n) is 2.93. The Morgan fingerprint density at radius 3 is 2.71 bits per heavy atom. The van der Waals surface area contributed by atoms with Gasteiger partial charge in [0.05, 0.1) is 16.6 Å². The third kappa shape index (κ3) is 3.57. The van der Waals surface area contributed by atoms with Crippen molar-refractivity contribution in [3.8, 4) is 17.2 Å². The van der Waals surface area contributed by atoms with Gasteiger partial charge in [-0.25, -0.2) is 4.79 Å². The van der Waals surface area contributed by atoms with Crippen LogP contribution >= 0.6 is 11.6 Å². The average Bonchev–Trinajstić information content (AvgIpc) is 2.65. The molecular formula is C17H17BClN3O6. The van der Waals surface area contributed by atoms with Crippen LogP contribution in [0.3, 0.4) is 0 Å². The number of aromatic hydroxyl groups is 2. The number of benzene rings is 2. The highest BCUT2D eigenvalue weighted by Crippen LogP contribution is 2.37. The molecule has 9 nitrogen and oxygen atoms in total. The van der Waals surface area contributed by atoms with Gasteiger partial charge in [-0.15, -0.1) is 0 Å². The number of amidine groups is 1. The van der Waals surface area contributed by atoms with Gasteiger partial charge in [0.25, 0.3) is 0 Å². The summed E-state index contributed by atoms with van der Waals surface area (Å²) < 4.78 is 5.35. The summed E-state index contributed by atoms with van der Waals surface area (Å²) in [6.45, 7) is 0. The number of halogens is 1. The predicted molar refractivity (Wildman–Crippen MR) is 103 cm³/mol. The van der Waals surface area contributed by atoms with E-state index < -0.39 is 36.6 Å². The molecule has 0 saturated carbocycles. The number of para-hydroxylation sites is 1. The quantitative estimate of drug-likeness (QED) is 0.188. The lowest BCUT2D eigenvalue weighted by molar-refractivity contribution is 0.0694. The number of hydrogen-bond acceptors (Lipinski definition) is 7. The number of phenolic OH excluding ortho intramolecular Hbond substituents is 2. The summed E-state index contributed by atoms with van der Waals surface area (Å²) in [5.41, 5.74) is 12.7. The number of aliphatic imine (C=N–C) groups is 1. The zero-order chi connectivity index (χ0) is 20.6. The van der Waals surface area contributed by atoms with E-state index >= 15 is 0 Å². The molecule has 1 unspecified atom stereocenters. The number of hydrogen-bond donors (Lipinski definition) is 6. The third-order valence-electron chi connectivity index (χ3n) is 4.42. The minimum absolute atomic E-state index is 0.0602. The van der Waals surface area contributed by atoms with Crippen molar-refractivity contribution in [1.82, 2.24) is 0 Å². The van der Waals surface area contributed by atoms with Crippen LogP contribution in [0.15, 0.2) is 35.3 Å². The van der Waals surface area contributed by atoms with Crippen LogP contribution in [0.4, 0.5) is 0 Å². The fourth-order valence-corrected chi connectivity index (χ4v) is 3.21. The van der Waals surface area contributed by atoms with Gasteiger partial charge in [-0.3, -0.25) is 4.99 Å². The molecule has 0 spiro atoms. The largest absolute Gasteiger partial charge is 0.549 e. The Morgan fingerprint density at radius 1 is 1.32 bits per heavy atom. The summed E-state index contributed by atoms with van der Waals surface area (Å²) in [7, 11) is -1.43. The van der Waals surface area contributed by atoms with Crippen molar-refractivity contribution < 1.29 is 29.8 Å². The lowest BCUT2D eigenvalue weighted by Crippen LogP contribution is -2.43. The lowest BCUT2D eigenvalue weighted by atomic mass is 9.72. The normalized spacial score (nSPS) is 17.6. The number of carboxylic acids is 1. The van der Waals surface area contributed by atoms with Gasteiger partial charge >= 0.3 is 13.1 Å². The number of carbonyl (C=O) groups is 1. The van der Waals surface area contributed by atoms with E-state index in [-0.39, 0.29) is 34.2 Å². The number of rotatable bonds is 4. The summed E-state index contributed by atoms with van der Waals surface area (Å²) in [5.74, 6) is -2.93. The fraction of sp³-hybridized carbons (Fsp3) is 0.176. The number of phenols is 2. The molecule has 28 heavy (non-hydrogen) atoms. The minimum atomic E-state index is -1.43. The molecular weight excluding hydrogens is 388 g/mol. The van der Waals surface area contributed by atoms with E-state index in [0.717, 1.165) is 0 Å². The van der Waals surface area contributed by atoms with E-state index in [2.05, 4.69) is 4.99 Å². The summed E-state index contributed by atoms with van der Waals surface area (Å²) in [4.78, 5) is 15.5. The Morgan fingerprint density at radius 2 is 2.04 bits per heavy atom. The van der Waals surface area contributed by atoms with Gasteiger partial charge < -0.3 is 36.5 Å². The first-order chi connectivity index (χ1) is 13.2. The summed E-state index contributed by atoms with van der Waals surface area (Å²) in [6.07, 6.45) is 0.180. The second-order valence-corrected chi connectivity index (χ2v) is 6.62. The molecule has 0 bridgehead atoms. The molecule has 0 amide bonds. The second-order valence-electron chi connectivity index (χ2n) is 6.25. The van der Waals surface area contributed by atoms with Crippen LogP contribution in [-0.2, 0) is 6.42 Å². The predicted octanol–water partition coefficient (Wildman–Crippen LogP) is 0.830. The van der Waals surface area contributed by atoms with Crippen molar-refractivity contribution in [3.63, 3.8) is 0 Å². The Bertz CT molecular complexity index is 970. The van der Waals surface area contributed by atoms with Crippen LogP contribution in [0.2, 0.25) is 5.02 Å². The molecule has 8 N–H and O–H groups in total. The van der Waals surface area contributed by atoms with Gasteiger partial charge in [-0.05, 0) is 29.7 Å². The molecule has 1 aliphatic heterocycles. The molecule has 1 aliphatic rings. The van der Waals surface area contributed by atoms with E-state index in [0.29, 0.717) is 5.56 Å². The maximum absolute atomic E-state index is 11.3.